The minimum Gasteiger partial charge on any atom is -0.477 e. The number of carboxylic acid groups (broad SMARTS) is 1. The Bertz CT molecular complexity index is 830. The lowest BCUT2D eigenvalue weighted by molar-refractivity contribution is 0.0702. The molecule has 0 aliphatic carbocycles. The van der Waals surface area contributed by atoms with Crippen molar-refractivity contribution >= 4 is 27.5 Å². The molecule has 0 aromatic carbocycles. The first-order valence-electron chi connectivity index (χ1n) is 6.57. The van der Waals surface area contributed by atoms with Gasteiger partial charge in [-0.3, -0.25) is 0 Å². The van der Waals surface area contributed by atoms with Crippen molar-refractivity contribution < 1.29 is 9.90 Å². The van der Waals surface area contributed by atoms with Crippen LogP contribution in [0.4, 0.5) is 0 Å². The van der Waals surface area contributed by atoms with Gasteiger partial charge in [0.1, 0.15) is 15.5 Å². The van der Waals surface area contributed by atoms with Crippen molar-refractivity contribution in [2.45, 2.75) is 27.2 Å². The van der Waals surface area contributed by atoms with E-state index in [0.29, 0.717) is 16.5 Å². The van der Waals surface area contributed by atoms with Crippen LogP contribution in [0.3, 0.4) is 0 Å². The van der Waals surface area contributed by atoms with Gasteiger partial charge in [-0.2, -0.15) is 5.10 Å². The van der Waals surface area contributed by atoms with Gasteiger partial charge in [0.25, 0.3) is 0 Å². The molecule has 1 N–H and O–H groups in total. The van der Waals surface area contributed by atoms with Crippen molar-refractivity contribution in [2.24, 2.45) is 0 Å². The second-order valence-electron chi connectivity index (χ2n) is 4.76. The molecule has 0 amide bonds. The van der Waals surface area contributed by atoms with E-state index < -0.39 is 5.97 Å². The predicted octanol–water partition coefficient (Wildman–Crippen LogP) is 2.75. The number of aromatic carboxylic acids is 1. The van der Waals surface area contributed by atoms with Gasteiger partial charge in [-0.05, 0) is 26.3 Å². The predicted molar refractivity (Wildman–Crippen MR) is 80.3 cm³/mol. The number of hydrogen-bond acceptors (Lipinski definition) is 5. The summed E-state index contributed by atoms with van der Waals surface area (Å²) in [5.74, 6) is 0.421. The van der Waals surface area contributed by atoms with Crippen LogP contribution in [-0.2, 0) is 6.42 Å². The Hall–Kier alpha value is -2.28. The van der Waals surface area contributed by atoms with E-state index in [-0.39, 0.29) is 0 Å². The maximum Gasteiger partial charge on any atom is 0.345 e. The molecule has 0 fully saturated rings. The van der Waals surface area contributed by atoms with Gasteiger partial charge in [-0.1, -0.05) is 6.92 Å². The zero-order valence-electron chi connectivity index (χ0n) is 11.9. The first-order chi connectivity index (χ1) is 9.99. The Balaban J connectivity index is 2.28. The number of rotatable bonds is 3. The van der Waals surface area contributed by atoms with Crippen LogP contribution in [0.15, 0.2) is 12.1 Å². The molecular weight excluding hydrogens is 288 g/mol. The number of carboxylic acids is 1. The fraction of sp³-hybridized carbons (Fsp3) is 0.286. The summed E-state index contributed by atoms with van der Waals surface area (Å²) >= 11 is 1.22. The average Bonchev–Trinajstić information content (AvgIpc) is 2.95. The van der Waals surface area contributed by atoms with Crippen LogP contribution in [0, 0.1) is 13.8 Å². The van der Waals surface area contributed by atoms with Crippen molar-refractivity contribution in [1.82, 2.24) is 19.7 Å². The fourth-order valence-corrected chi connectivity index (χ4v) is 3.27. The van der Waals surface area contributed by atoms with Crippen LogP contribution in [0.1, 0.15) is 33.8 Å². The Morgan fingerprint density at radius 2 is 2.10 bits per heavy atom. The summed E-state index contributed by atoms with van der Waals surface area (Å²) in [7, 11) is 0. The first-order valence-corrected chi connectivity index (χ1v) is 7.38. The molecule has 6 nitrogen and oxygen atoms in total. The molecule has 0 aliphatic rings. The lowest BCUT2D eigenvalue weighted by atomic mass is 10.2. The van der Waals surface area contributed by atoms with Crippen molar-refractivity contribution in [3.63, 3.8) is 0 Å². The van der Waals surface area contributed by atoms with Crippen molar-refractivity contribution in [2.75, 3.05) is 0 Å². The van der Waals surface area contributed by atoms with E-state index >= 15 is 0 Å². The number of thiophene rings is 1. The molecule has 108 valence electrons. The third-order valence-corrected chi connectivity index (χ3v) is 4.25. The maximum atomic E-state index is 11.2. The highest BCUT2D eigenvalue weighted by Crippen LogP contribution is 2.30. The number of nitrogens with zero attached hydrogens (tertiary/aromatic N) is 4. The molecule has 3 rings (SSSR count). The molecule has 3 aromatic rings. The molecule has 0 aliphatic heterocycles. The molecule has 3 aromatic heterocycles. The second-order valence-corrected chi connectivity index (χ2v) is 5.79. The van der Waals surface area contributed by atoms with Gasteiger partial charge >= 0.3 is 5.97 Å². The van der Waals surface area contributed by atoms with Gasteiger partial charge in [0, 0.05) is 17.1 Å². The van der Waals surface area contributed by atoms with Crippen LogP contribution in [0.2, 0.25) is 0 Å². The zero-order valence-corrected chi connectivity index (χ0v) is 12.7. The zero-order chi connectivity index (χ0) is 15.1. The molecule has 21 heavy (non-hydrogen) atoms. The summed E-state index contributed by atoms with van der Waals surface area (Å²) < 4.78 is 1.72. The lowest BCUT2D eigenvalue weighted by Crippen LogP contribution is -2.03. The van der Waals surface area contributed by atoms with Crippen molar-refractivity contribution in [3.8, 4) is 5.82 Å². The number of hydrogen-bond donors (Lipinski definition) is 1. The van der Waals surface area contributed by atoms with Crippen LogP contribution >= 0.6 is 11.3 Å². The Labute approximate surface area is 125 Å². The van der Waals surface area contributed by atoms with Crippen LogP contribution in [0.5, 0.6) is 0 Å². The highest BCUT2D eigenvalue weighted by Gasteiger charge is 2.18. The Morgan fingerprint density at radius 3 is 2.71 bits per heavy atom. The summed E-state index contributed by atoms with van der Waals surface area (Å²) in [4.78, 5) is 21.0. The monoisotopic (exact) mass is 302 g/mol. The number of aryl methyl sites for hydroxylation is 3. The first kappa shape index (κ1) is 13.7. The van der Waals surface area contributed by atoms with Gasteiger partial charge in [0.05, 0.1) is 5.69 Å². The smallest absolute Gasteiger partial charge is 0.345 e. The largest absolute Gasteiger partial charge is 0.477 e. The maximum absolute atomic E-state index is 11.2. The molecule has 3 heterocycles. The normalized spacial score (nSPS) is 11.2. The lowest BCUT2D eigenvalue weighted by Gasteiger charge is -2.03. The summed E-state index contributed by atoms with van der Waals surface area (Å²) in [6, 6.07) is 3.53. The second kappa shape index (κ2) is 4.92. The number of aromatic nitrogens is 4. The summed E-state index contributed by atoms with van der Waals surface area (Å²) in [5.41, 5.74) is 1.73. The molecule has 0 saturated heterocycles. The summed E-state index contributed by atoms with van der Waals surface area (Å²) in [6.45, 7) is 5.73. The molecule has 0 atom stereocenters. The molecule has 0 saturated carbocycles. The van der Waals surface area contributed by atoms with E-state index in [1.54, 1.807) is 10.7 Å². The van der Waals surface area contributed by atoms with E-state index in [1.165, 1.54) is 11.3 Å². The van der Waals surface area contributed by atoms with Gasteiger partial charge in [0.15, 0.2) is 5.82 Å². The van der Waals surface area contributed by atoms with Crippen LogP contribution < -0.4 is 0 Å². The minimum absolute atomic E-state index is 0.313. The molecular formula is C14H14N4O2S. The molecule has 0 bridgehead atoms. The average molecular weight is 302 g/mol. The minimum atomic E-state index is -0.917. The van der Waals surface area contributed by atoms with E-state index in [9.17, 15) is 9.90 Å². The molecule has 7 heteroatoms. The van der Waals surface area contributed by atoms with Gasteiger partial charge in [0.2, 0.25) is 0 Å². The fourth-order valence-electron chi connectivity index (χ4n) is 2.29. The van der Waals surface area contributed by atoms with Crippen molar-refractivity contribution in [1.29, 1.82) is 0 Å². The van der Waals surface area contributed by atoms with Gasteiger partial charge < -0.3 is 5.11 Å². The molecule has 0 unspecified atom stereocenters. The SMILES string of the molecule is CCc1nn(-c2cc(C)nc(C)n2)c2sc(C(=O)O)cc12. The van der Waals surface area contributed by atoms with Gasteiger partial charge in [-0.25, -0.2) is 19.4 Å². The summed E-state index contributed by atoms with van der Waals surface area (Å²) in [5, 5.41) is 14.6. The van der Waals surface area contributed by atoms with E-state index in [2.05, 4.69) is 15.1 Å². The molecule has 0 spiro atoms. The van der Waals surface area contributed by atoms with E-state index in [4.69, 9.17) is 0 Å². The Kier molecular flexibility index (Phi) is 3.21. The van der Waals surface area contributed by atoms with E-state index in [0.717, 1.165) is 28.0 Å². The van der Waals surface area contributed by atoms with Gasteiger partial charge in [-0.15, -0.1) is 11.3 Å². The van der Waals surface area contributed by atoms with Crippen molar-refractivity contribution in [3.05, 3.63) is 34.2 Å². The Morgan fingerprint density at radius 1 is 1.33 bits per heavy atom. The van der Waals surface area contributed by atoms with E-state index in [1.807, 2.05) is 26.8 Å². The number of fused-ring (bicyclic) bond motifs is 1. The van der Waals surface area contributed by atoms with Crippen LogP contribution in [-0.4, -0.2) is 30.8 Å². The third-order valence-electron chi connectivity index (χ3n) is 3.15. The third kappa shape index (κ3) is 2.29. The molecule has 0 radical (unpaired) electrons. The highest BCUT2D eigenvalue weighted by molar-refractivity contribution is 7.20. The number of carbonyl (C=O) groups is 1. The quantitative estimate of drug-likeness (QED) is 0.804. The standard InChI is InChI=1S/C14H14N4O2S/c1-4-10-9-6-11(14(19)20)21-13(9)18(17-10)12-5-7(2)15-8(3)16-12/h5-6H,4H2,1-3H3,(H,19,20). The van der Waals surface area contributed by atoms with Crippen LogP contribution in [0.25, 0.3) is 16.0 Å². The highest BCUT2D eigenvalue weighted by atomic mass is 32.1. The topological polar surface area (TPSA) is 80.9 Å². The summed E-state index contributed by atoms with van der Waals surface area (Å²) in [6.07, 6.45) is 0.738.